The molecule has 0 aromatic heterocycles. The molecule has 1 atom stereocenters. The Hall–Kier alpha value is -1.39. The molecule has 0 amide bonds. The Balaban J connectivity index is 2.75. The summed E-state index contributed by atoms with van der Waals surface area (Å²) >= 11 is 0. The molecule has 1 aromatic carbocycles. The summed E-state index contributed by atoms with van der Waals surface area (Å²) in [6, 6.07) is 9.41. The molecule has 1 rings (SSSR count). The molecule has 0 radical (unpaired) electrons. The van der Waals surface area contributed by atoms with Crippen molar-refractivity contribution in [2.75, 3.05) is 6.54 Å². The van der Waals surface area contributed by atoms with E-state index >= 15 is 0 Å². The SMILES string of the molecule is NCCC[C@@](N)(Cc1ccccc1)C(=O)O. The van der Waals surface area contributed by atoms with Crippen molar-refractivity contribution in [3.63, 3.8) is 0 Å². The molecule has 1 aromatic rings. The van der Waals surface area contributed by atoms with E-state index in [9.17, 15) is 4.79 Å². The molecule has 0 aliphatic heterocycles. The summed E-state index contributed by atoms with van der Waals surface area (Å²) in [5, 5.41) is 9.15. The minimum Gasteiger partial charge on any atom is -0.480 e. The van der Waals surface area contributed by atoms with Crippen LogP contribution in [0.3, 0.4) is 0 Å². The van der Waals surface area contributed by atoms with Gasteiger partial charge in [0, 0.05) is 6.42 Å². The third kappa shape index (κ3) is 3.32. The lowest BCUT2D eigenvalue weighted by Crippen LogP contribution is -2.50. The van der Waals surface area contributed by atoms with E-state index in [1.807, 2.05) is 30.3 Å². The Kier molecular flexibility index (Phi) is 4.46. The second kappa shape index (κ2) is 5.63. The van der Waals surface area contributed by atoms with Crippen LogP contribution in [0.25, 0.3) is 0 Å². The quantitative estimate of drug-likeness (QED) is 0.662. The summed E-state index contributed by atoms with van der Waals surface area (Å²) in [4.78, 5) is 11.2. The first-order valence-electron chi connectivity index (χ1n) is 5.35. The zero-order valence-electron chi connectivity index (χ0n) is 9.23. The normalized spacial score (nSPS) is 14.4. The zero-order chi connectivity index (χ0) is 12.0. The molecule has 4 nitrogen and oxygen atoms in total. The van der Waals surface area contributed by atoms with E-state index in [2.05, 4.69) is 0 Å². The number of carbonyl (C=O) groups is 1. The van der Waals surface area contributed by atoms with Gasteiger partial charge in [-0.25, -0.2) is 0 Å². The topological polar surface area (TPSA) is 89.3 Å². The average Bonchev–Trinajstić information content (AvgIpc) is 2.27. The van der Waals surface area contributed by atoms with Crippen molar-refractivity contribution in [3.8, 4) is 0 Å². The van der Waals surface area contributed by atoms with Gasteiger partial charge in [-0.1, -0.05) is 30.3 Å². The summed E-state index contributed by atoms with van der Waals surface area (Å²) in [6.07, 6.45) is 1.35. The molecule has 0 saturated heterocycles. The average molecular weight is 222 g/mol. The van der Waals surface area contributed by atoms with E-state index in [0.29, 0.717) is 25.8 Å². The van der Waals surface area contributed by atoms with Gasteiger partial charge in [0.05, 0.1) is 0 Å². The standard InChI is InChI=1S/C12H18N2O2/c13-8-4-7-12(14,11(15)16)9-10-5-2-1-3-6-10/h1-3,5-6H,4,7-9,13-14H2,(H,15,16)/t12-/m1/s1. The van der Waals surface area contributed by atoms with Crippen LogP contribution in [-0.2, 0) is 11.2 Å². The fourth-order valence-corrected chi connectivity index (χ4v) is 1.65. The van der Waals surface area contributed by atoms with Crippen molar-refractivity contribution in [1.29, 1.82) is 0 Å². The van der Waals surface area contributed by atoms with Crippen molar-refractivity contribution in [3.05, 3.63) is 35.9 Å². The molecule has 16 heavy (non-hydrogen) atoms. The van der Waals surface area contributed by atoms with E-state index < -0.39 is 11.5 Å². The van der Waals surface area contributed by atoms with Gasteiger partial charge in [0.25, 0.3) is 0 Å². The number of hydrogen-bond donors (Lipinski definition) is 3. The van der Waals surface area contributed by atoms with E-state index in [1.165, 1.54) is 0 Å². The van der Waals surface area contributed by atoms with Crippen molar-refractivity contribution in [2.45, 2.75) is 24.8 Å². The molecule has 0 bridgehead atoms. The number of carboxylic acids is 1. The Morgan fingerprint density at radius 3 is 2.44 bits per heavy atom. The van der Waals surface area contributed by atoms with Gasteiger partial charge in [-0.05, 0) is 24.9 Å². The molecule has 88 valence electrons. The fourth-order valence-electron chi connectivity index (χ4n) is 1.65. The van der Waals surface area contributed by atoms with E-state index in [1.54, 1.807) is 0 Å². The highest BCUT2D eigenvalue weighted by molar-refractivity contribution is 5.78. The minimum absolute atomic E-state index is 0.336. The molecule has 0 aliphatic carbocycles. The van der Waals surface area contributed by atoms with Crippen LogP contribution in [0.4, 0.5) is 0 Å². The number of aliphatic carboxylic acids is 1. The zero-order valence-corrected chi connectivity index (χ0v) is 9.23. The lowest BCUT2D eigenvalue weighted by atomic mass is 9.87. The molecular weight excluding hydrogens is 204 g/mol. The number of benzene rings is 1. The first-order chi connectivity index (χ1) is 7.58. The second-order valence-corrected chi connectivity index (χ2v) is 4.02. The number of rotatable bonds is 6. The van der Waals surface area contributed by atoms with Crippen molar-refractivity contribution < 1.29 is 9.90 Å². The smallest absolute Gasteiger partial charge is 0.324 e. The van der Waals surface area contributed by atoms with Crippen molar-refractivity contribution in [1.82, 2.24) is 0 Å². The van der Waals surface area contributed by atoms with Gasteiger partial charge in [-0.15, -0.1) is 0 Å². The van der Waals surface area contributed by atoms with Gasteiger partial charge in [0.15, 0.2) is 0 Å². The molecule has 0 aliphatic rings. The van der Waals surface area contributed by atoms with Gasteiger partial charge >= 0.3 is 5.97 Å². The maximum Gasteiger partial charge on any atom is 0.324 e. The molecular formula is C12H18N2O2. The maximum absolute atomic E-state index is 11.2. The van der Waals surface area contributed by atoms with Crippen LogP contribution < -0.4 is 11.5 Å². The molecule has 0 saturated carbocycles. The molecule has 0 unspecified atom stereocenters. The van der Waals surface area contributed by atoms with Crippen LogP contribution >= 0.6 is 0 Å². The number of nitrogens with two attached hydrogens (primary N) is 2. The predicted octanol–water partition coefficient (Wildman–Crippen LogP) is 0.750. The highest BCUT2D eigenvalue weighted by atomic mass is 16.4. The summed E-state index contributed by atoms with van der Waals surface area (Å²) < 4.78 is 0. The highest BCUT2D eigenvalue weighted by Gasteiger charge is 2.33. The van der Waals surface area contributed by atoms with Gasteiger partial charge in [-0.2, -0.15) is 0 Å². The first-order valence-corrected chi connectivity index (χ1v) is 5.35. The van der Waals surface area contributed by atoms with Gasteiger partial charge in [-0.3, -0.25) is 4.79 Å². The lowest BCUT2D eigenvalue weighted by Gasteiger charge is -2.24. The summed E-state index contributed by atoms with van der Waals surface area (Å²) in [7, 11) is 0. The Morgan fingerprint density at radius 2 is 1.94 bits per heavy atom. The monoisotopic (exact) mass is 222 g/mol. The third-order valence-electron chi connectivity index (χ3n) is 2.62. The summed E-state index contributed by atoms with van der Waals surface area (Å²) in [5.41, 5.74) is 11.0. The molecule has 0 heterocycles. The van der Waals surface area contributed by atoms with Crippen LogP contribution in [0.1, 0.15) is 18.4 Å². The second-order valence-electron chi connectivity index (χ2n) is 4.02. The Morgan fingerprint density at radius 1 is 1.31 bits per heavy atom. The summed E-state index contributed by atoms with van der Waals surface area (Å²) in [6.45, 7) is 0.459. The summed E-state index contributed by atoms with van der Waals surface area (Å²) in [5.74, 6) is -0.968. The minimum atomic E-state index is -1.21. The fraction of sp³-hybridized carbons (Fsp3) is 0.417. The lowest BCUT2D eigenvalue weighted by molar-refractivity contribution is -0.143. The van der Waals surface area contributed by atoms with E-state index in [-0.39, 0.29) is 0 Å². The molecule has 4 heteroatoms. The largest absolute Gasteiger partial charge is 0.480 e. The Labute approximate surface area is 95.3 Å². The van der Waals surface area contributed by atoms with Crippen LogP contribution in [0.15, 0.2) is 30.3 Å². The van der Waals surface area contributed by atoms with Crippen molar-refractivity contribution in [2.24, 2.45) is 11.5 Å². The third-order valence-corrected chi connectivity index (χ3v) is 2.62. The van der Waals surface area contributed by atoms with Gasteiger partial charge in [0.2, 0.25) is 0 Å². The predicted molar refractivity (Wildman–Crippen MR) is 63.0 cm³/mol. The maximum atomic E-state index is 11.2. The van der Waals surface area contributed by atoms with E-state index in [0.717, 1.165) is 5.56 Å². The molecule has 0 spiro atoms. The van der Waals surface area contributed by atoms with E-state index in [4.69, 9.17) is 16.6 Å². The number of carboxylic acid groups (broad SMARTS) is 1. The van der Waals surface area contributed by atoms with Gasteiger partial charge < -0.3 is 16.6 Å². The first kappa shape index (κ1) is 12.7. The van der Waals surface area contributed by atoms with Crippen LogP contribution in [0.5, 0.6) is 0 Å². The van der Waals surface area contributed by atoms with Gasteiger partial charge in [0.1, 0.15) is 5.54 Å². The Bertz CT molecular complexity index is 340. The van der Waals surface area contributed by atoms with Crippen LogP contribution in [0, 0.1) is 0 Å². The molecule has 0 fully saturated rings. The van der Waals surface area contributed by atoms with Crippen molar-refractivity contribution >= 4 is 5.97 Å². The highest BCUT2D eigenvalue weighted by Crippen LogP contribution is 2.16. The van der Waals surface area contributed by atoms with Crippen LogP contribution in [0.2, 0.25) is 0 Å². The molecule has 5 N–H and O–H groups in total. The number of hydrogen-bond acceptors (Lipinski definition) is 3. The van der Waals surface area contributed by atoms with Crippen LogP contribution in [-0.4, -0.2) is 23.2 Å².